The van der Waals surface area contributed by atoms with Gasteiger partial charge in [-0.05, 0) is 19.4 Å². The third kappa shape index (κ3) is 3.31. The van der Waals surface area contributed by atoms with Crippen molar-refractivity contribution in [3.63, 3.8) is 0 Å². The lowest BCUT2D eigenvalue weighted by molar-refractivity contribution is 0.558. The summed E-state index contributed by atoms with van der Waals surface area (Å²) < 4.78 is 2.56. The Bertz CT molecular complexity index is 759. The third-order valence-electron chi connectivity index (χ3n) is 3.66. The number of nitrogens with one attached hydrogen (secondary N) is 1. The Labute approximate surface area is 123 Å². The average Bonchev–Trinajstić information content (AvgIpc) is 2.47. The second-order valence-corrected chi connectivity index (χ2v) is 5.43. The molecule has 0 aliphatic rings. The van der Waals surface area contributed by atoms with Gasteiger partial charge in [0, 0.05) is 38.4 Å². The van der Waals surface area contributed by atoms with Gasteiger partial charge < -0.3 is 9.88 Å². The van der Waals surface area contributed by atoms with Gasteiger partial charge in [-0.3, -0.25) is 9.36 Å². The number of nitrogens with zero attached hydrogens (tertiary/aromatic N) is 2. The lowest BCUT2D eigenvalue weighted by Crippen LogP contribution is -2.39. The van der Waals surface area contributed by atoms with Crippen LogP contribution in [0.2, 0.25) is 0 Å². The molecular formula is C16H21N3O2. The molecule has 0 amide bonds. The van der Waals surface area contributed by atoms with E-state index in [4.69, 9.17) is 0 Å². The number of benzene rings is 1. The molecule has 0 bridgehead atoms. The fourth-order valence-corrected chi connectivity index (χ4v) is 2.32. The maximum atomic E-state index is 12.1. The fraction of sp³-hybridized carbons (Fsp3) is 0.375. The summed E-state index contributed by atoms with van der Waals surface area (Å²) in [5.41, 5.74) is 2.41. The molecular weight excluding hydrogens is 266 g/mol. The Morgan fingerprint density at radius 1 is 1.24 bits per heavy atom. The Kier molecular flexibility index (Phi) is 4.43. The number of aromatic nitrogens is 2. The largest absolute Gasteiger partial charge is 0.330 e. The van der Waals surface area contributed by atoms with Crippen molar-refractivity contribution in [1.82, 2.24) is 14.5 Å². The van der Waals surface area contributed by atoms with Gasteiger partial charge in [-0.25, -0.2) is 4.79 Å². The highest BCUT2D eigenvalue weighted by atomic mass is 16.2. The van der Waals surface area contributed by atoms with Crippen molar-refractivity contribution in [1.29, 1.82) is 0 Å². The maximum Gasteiger partial charge on any atom is 0.330 e. The van der Waals surface area contributed by atoms with Crippen molar-refractivity contribution >= 4 is 0 Å². The molecule has 0 unspecified atom stereocenters. The molecule has 0 fully saturated rings. The molecule has 0 aliphatic carbocycles. The predicted octanol–water partition coefficient (Wildman–Crippen LogP) is 1.24. The van der Waals surface area contributed by atoms with Crippen molar-refractivity contribution < 1.29 is 0 Å². The van der Waals surface area contributed by atoms with E-state index in [2.05, 4.69) is 37.4 Å². The van der Waals surface area contributed by atoms with E-state index in [0.717, 1.165) is 4.57 Å². The van der Waals surface area contributed by atoms with Crippen LogP contribution in [0.25, 0.3) is 0 Å². The first-order valence-electron chi connectivity index (χ1n) is 6.95. The van der Waals surface area contributed by atoms with Gasteiger partial charge in [-0.2, -0.15) is 0 Å². The summed E-state index contributed by atoms with van der Waals surface area (Å²) >= 11 is 0. The zero-order chi connectivity index (χ0) is 15.6. The molecule has 5 heteroatoms. The molecule has 0 saturated heterocycles. The Hall–Kier alpha value is -2.14. The van der Waals surface area contributed by atoms with Gasteiger partial charge in [-0.15, -0.1) is 0 Å². The summed E-state index contributed by atoms with van der Waals surface area (Å²) in [7, 11) is 3.15. The molecule has 1 atom stereocenters. The standard InChI is InChI=1S/C16H21N3O2/c1-11-6-5-7-13(8-11)12(2)17-9-14-10-18(3)16(21)19(4)15(14)20/h5-8,10,12,17H,9H2,1-4H3/t12-/m1/s1. The van der Waals surface area contributed by atoms with Gasteiger partial charge in [0.25, 0.3) is 5.56 Å². The SMILES string of the molecule is Cc1cccc([C@@H](C)NCc2cn(C)c(=O)n(C)c2=O)c1. The van der Waals surface area contributed by atoms with E-state index in [1.54, 1.807) is 13.2 Å². The van der Waals surface area contributed by atoms with Crippen molar-refractivity contribution in [2.24, 2.45) is 14.1 Å². The Balaban J connectivity index is 2.17. The van der Waals surface area contributed by atoms with E-state index >= 15 is 0 Å². The Morgan fingerprint density at radius 2 is 1.95 bits per heavy atom. The first-order valence-corrected chi connectivity index (χ1v) is 6.95. The highest BCUT2D eigenvalue weighted by molar-refractivity contribution is 5.24. The van der Waals surface area contributed by atoms with Crippen LogP contribution in [0.5, 0.6) is 0 Å². The van der Waals surface area contributed by atoms with Crippen molar-refractivity contribution in [3.05, 3.63) is 68.0 Å². The van der Waals surface area contributed by atoms with Crippen molar-refractivity contribution in [2.45, 2.75) is 26.4 Å². The smallest absolute Gasteiger partial charge is 0.306 e. The van der Waals surface area contributed by atoms with Gasteiger partial charge in [0.15, 0.2) is 0 Å². The summed E-state index contributed by atoms with van der Waals surface area (Å²) in [6.45, 7) is 4.54. The van der Waals surface area contributed by atoms with Gasteiger partial charge in [-0.1, -0.05) is 29.8 Å². The predicted molar refractivity (Wildman–Crippen MR) is 83.4 cm³/mol. The average molecular weight is 287 g/mol. The molecule has 1 aromatic carbocycles. The van der Waals surface area contributed by atoms with Gasteiger partial charge >= 0.3 is 5.69 Å². The maximum absolute atomic E-state index is 12.1. The van der Waals surface area contributed by atoms with E-state index in [9.17, 15) is 9.59 Å². The van der Waals surface area contributed by atoms with E-state index in [-0.39, 0.29) is 17.3 Å². The minimum absolute atomic E-state index is 0.131. The second kappa shape index (κ2) is 6.10. The lowest BCUT2D eigenvalue weighted by Gasteiger charge is -2.15. The summed E-state index contributed by atoms with van der Waals surface area (Å²) in [5, 5.41) is 3.33. The van der Waals surface area contributed by atoms with Crippen LogP contribution in [0, 0.1) is 6.92 Å². The van der Waals surface area contributed by atoms with Crippen LogP contribution in [0.3, 0.4) is 0 Å². The van der Waals surface area contributed by atoms with Crippen molar-refractivity contribution in [3.8, 4) is 0 Å². The first-order chi connectivity index (χ1) is 9.90. The minimum atomic E-state index is -0.310. The summed E-state index contributed by atoms with van der Waals surface area (Å²) in [6.07, 6.45) is 1.60. The van der Waals surface area contributed by atoms with E-state index in [1.807, 2.05) is 6.07 Å². The van der Waals surface area contributed by atoms with E-state index < -0.39 is 0 Å². The number of aryl methyl sites for hydroxylation is 2. The monoisotopic (exact) mass is 287 g/mol. The van der Waals surface area contributed by atoms with Gasteiger partial charge in [0.1, 0.15) is 0 Å². The molecule has 1 aromatic heterocycles. The van der Waals surface area contributed by atoms with Crippen LogP contribution >= 0.6 is 0 Å². The van der Waals surface area contributed by atoms with Crippen LogP contribution < -0.4 is 16.6 Å². The number of hydrogen-bond donors (Lipinski definition) is 1. The molecule has 5 nitrogen and oxygen atoms in total. The quantitative estimate of drug-likeness (QED) is 0.920. The molecule has 2 rings (SSSR count). The van der Waals surface area contributed by atoms with Gasteiger partial charge in [0.2, 0.25) is 0 Å². The zero-order valence-corrected chi connectivity index (χ0v) is 12.9. The van der Waals surface area contributed by atoms with Crippen LogP contribution in [-0.4, -0.2) is 9.13 Å². The molecule has 0 spiro atoms. The normalized spacial score (nSPS) is 12.4. The highest BCUT2D eigenvalue weighted by Crippen LogP contribution is 2.13. The summed E-state index contributed by atoms with van der Waals surface area (Å²) in [6, 6.07) is 8.39. The molecule has 21 heavy (non-hydrogen) atoms. The molecule has 1 heterocycles. The first kappa shape index (κ1) is 15.3. The van der Waals surface area contributed by atoms with E-state index in [0.29, 0.717) is 12.1 Å². The van der Waals surface area contributed by atoms with Crippen LogP contribution in [-0.2, 0) is 20.6 Å². The fourth-order valence-electron chi connectivity index (χ4n) is 2.32. The van der Waals surface area contributed by atoms with Crippen LogP contribution in [0.1, 0.15) is 29.7 Å². The van der Waals surface area contributed by atoms with E-state index in [1.165, 1.54) is 22.7 Å². The molecule has 112 valence electrons. The summed E-state index contributed by atoms with van der Waals surface area (Å²) in [5.74, 6) is 0. The van der Waals surface area contributed by atoms with Crippen LogP contribution in [0.4, 0.5) is 0 Å². The number of hydrogen-bond acceptors (Lipinski definition) is 3. The summed E-state index contributed by atoms with van der Waals surface area (Å²) in [4.78, 5) is 23.7. The molecule has 1 N–H and O–H groups in total. The molecule has 0 saturated carbocycles. The molecule has 2 aromatic rings. The van der Waals surface area contributed by atoms with Gasteiger partial charge in [0.05, 0.1) is 0 Å². The minimum Gasteiger partial charge on any atom is -0.306 e. The third-order valence-corrected chi connectivity index (χ3v) is 3.66. The van der Waals surface area contributed by atoms with Crippen molar-refractivity contribution in [2.75, 3.05) is 0 Å². The van der Waals surface area contributed by atoms with Crippen LogP contribution in [0.15, 0.2) is 40.1 Å². The lowest BCUT2D eigenvalue weighted by atomic mass is 10.1. The molecule has 0 aliphatic heterocycles. The highest BCUT2D eigenvalue weighted by Gasteiger charge is 2.09. The topological polar surface area (TPSA) is 56.0 Å². The Morgan fingerprint density at radius 3 is 2.62 bits per heavy atom. The zero-order valence-electron chi connectivity index (χ0n) is 12.9. The second-order valence-electron chi connectivity index (χ2n) is 5.43. The molecule has 0 radical (unpaired) electrons. The number of rotatable bonds is 4.